The highest BCUT2D eigenvalue weighted by Crippen LogP contribution is 2.48. The van der Waals surface area contributed by atoms with Crippen LogP contribution in [0.4, 0.5) is 5.69 Å². The summed E-state index contributed by atoms with van der Waals surface area (Å²) in [7, 11) is 1.62. The summed E-state index contributed by atoms with van der Waals surface area (Å²) >= 11 is 3.48. The number of fused-ring (bicyclic) bond motifs is 1. The first-order valence-corrected chi connectivity index (χ1v) is 12.1. The van der Waals surface area contributed by atoms with Crippen molar-refractivity contribution in [3.63, 3.8) is 0 Å². The summed E-state index contributed by atoms with van der Waals surface area (Å²) in [5, 5.41) is 4.76. The van der Waals surface area contributed by atoms with Gasteiger partial charge in [0.05, 0.1) is 18.8 Å². The molecule has 1 aliphatic heterocycles. The zero-order valence-electron chi connectivity index (χ0n) is 20.6. The van der Waals surface area contributed by atoms with E-state index in [1.54, 1.807) is 12.0 Å². The summed E-state index contributed by atoms with van der Waals surface area (Å²) < 4.78 is 7.95. The van der Waals surface area contributed by atoms with Crippen LogP contribution in [0.15, 0.2) is 53.0 Å². The highest BCUT2D eigenvalue weighted by atomic mass is 79.9. The molecule has 178 valence electrons. The quantitative estimate of drug-likeness (QED) is 0.399. The SMILES string of the molecule is COc1ccccc1C1c2c(C(C)(C)C)nn(C(=O)C(C)(C)C)c2C(=O)N1c1ccc(Br)cc1. The van der Waals surface area contributed by atoms with Crippen molar-refractivity contribution in [1.29, 1.82) is 0 Å². The maximum absolute atomic E-state index is 14.1. The Kier molecular flexibility index (Phi) is 5.96. The molecule has 1 aromatic heterocycles. The van der Waals surface area contributed by atoms with Crippen molar-refractivity contribution < 1.29 is 14.3 Å². The van der Waals surface area contributed by atoms with E-state index in [2.05, 4.69) is 15.9 Å². The molecule has 0 spiro atoms. The number of anilines is 1. The predicted octanol–water partition coefficient (Wildman–Crippen LogP) is 6.39. The van der Waals surface area contributed by atoms with Crippen molar-refractivity contribution in [1.82, 2.24) is 9.78 Å². The van der Waals surface area contributed by atoms with Gasteiger partial charge in [-0.2, -0.15) is 9.78 Å². The van der Waals surface area contributed by atoms with Gasteiger partial charge in [0.2, 0.25) is 0 Å². The Morgan fingerprint density at radius 1 is 1.00 bits per heavy atom. The first-order chi connectivity index (χ1) is 15.9. The van der Waals surface area contributed by atoms with E-state index in [1.807, 2.05) is 90.1 Å². The van der Waals surface area contributed by atoms with Gasteiger partial charge in [0, 0.05) is 32.1 Å². The van der Waals surface area contributed by atoms with Crippen LogP contribution in [-0.4, -0.2) is 28.7 Å². The van der Waals surface area contributed by atoms with E-state index < -0.39 is 16.9 Å². The molecular formula is C27H30BrN3O3. The molecule has 0 aliphatic carbocycles. The fraction of sp³-hybridized carbons (Fsp3) is 0.370. The summed E-state index contributed by atoms with van der Waals surface area (Å²) in [4.78, 5) is 29.3. The van der Waals surface area contributed by atoms with Gasteiger partial charge in [-0.05, 0) is 30.3 Å². The van der Waals surface area contributed by atoms with Gasteiger partial charge in [0.25, 0.3) is 11.8 Å². The fourth-order valence-corrected chi connectivity index (χ4v) is 4.59. The molecule has 6 nitrogen and oxygen atoms in total. The third kappa shape index (κ3) is 3.96. The Labute approximate surface area is 209 Å². The largest absolute Gasteiger partial charge is 0.496 e. The van der Waals surface area contributed by atoms with Crippen molar-refractivity contribution >= 4 is 33.4 Å². The van der Waals surface area contributed by atoms with E-state index in [4.69, 9.17) is 9.84 Å². The minimum Gasteiger partial charge on any atom is -0.496 e. The van der Waals surface area contributed by atoms with Crippen LogP contribution >= 0.6 is 15.9 Å². The van der Waals surface area contributed by atoms with Gasteiger partial charge in [-0.15, -0.1) is 0 Å². The zero-order chi connectivity index (χ0) is 25.0. The van der Waals surface area contributed by atoms with Gasteiger partial charge in [0.15, 0.2) is 0 Å². The summed E-state index contributed by atoms with van der Waals surface area (Å²) in [6, 6.07) is 14.8. The van der Waals surface area contributed by atoms with Crippen molar-refractivity contribution in [2.24, 2.45) is 5.41 Å². The molecule has 1 atom stereocenters. The molecule has 1 unspecified atom stereocenters. The van der Waals surface area contributed by atoms with E-state index in [0.29, 0.717) is 11.4 Å². The Balaban J connectivity index is 2.08. The molecule has 0 saturated heterocycles. The maximum atomic E-state index is 14.1. The Morgan fingerprint density at radius 3 is 2.18 bits per heavy atom. The molecule has 1 amide bonds. The number of ether oxygens (including phenoxy) is 1. The summed E-state index contributed by atoms with van der Waals surface area (Å²) in [5.74, 6) is 0.197. The highest BCUT2D eigenvalue weighted by molar-refractivity contribution is 9.10. The molecule has 0 saturated carbocycles. The highest BCUT2D eigenvalue weighted by Gasteiger charge is 2.48. The van der Waals surface area contributed by atoms with Gasteiger partial charge >= 0.3 is 0 Å². The summed E-state index contributed by atoms with van der Waals surface area (Å²) in [5.41, 5.74) is 2.27. The van der Waals surface area contributed by atoms with Gasteiger partial charge in [-0.3, -0.25) is 14.5 Å². The number of rotatable bonds is 3. The number of benzene rings is 2. The Morgan fingerprint density at radius 2 is 1.62 bits per heavy atom. The minimum absolute atomic E-state index is 0.218. The smallest absolute Gasteiger partial charge is 0.278 e. The van der Waals surface area contributed by atoms with E-state index in [0.717, 1.165) is 27.0 Å². The molecule has 4 rings (SSSR count). The monoisotopic (exact) mass is 523 g/mol. The average molecular weight is 524 g/mol. The van der Waals surface area contributed by atoms with E-state index in [1.165, 1.54) is 4.68 Å². The van der Waals surface area contributed by atoms with Crippen LogP contribution in [-0.2, 0) is 5.41 Å². The number of nitrogens with zero attached hydrogens (tertiary/aromatic N) is 3. The van der Waals surface area contributed by atoms with Gasteiger partial charge in [-0.1, -0.05) is 75.7 Å². The predicted molar refractivity (Wildman–Crippen MR) is 137 cm³/mol. The number of aromatic nitrogens is 2. The molecule has 2 aromatic carbocycles. The van der Waals surface area contributed by atoms with Crippen LogP contribution in [0.5, 0.6) is 5.75 Å². The average Bonchev–Trinajstić information content (AvgIpc) is 3.29. The van der Waals surface area contributed by atoms with Gasteiger partial charge in [-0.25, -0.2) is 0 Å². The fourth-order valence-electron chi connectivity index (χ4n) is 4.33. The van der Waals surface area contributed by atoms with Crippen LogP contribution in [0.2, 0.25) is 0 Å². The third-order valence-corrected chi connectivity index (χ3v) is 6.49. The lowest BCUT2D eigenvalue weighted by Gasteiger charge is -2.29. The Hall–Kier alpha value is -2.93. The molecule has 0 radical (unpaired) electrons. The molecule has 0 bridgehead atoms. The number of hydrogen-bond acceptors (Lipinski definition) is 4. The topological polar surface area (TPSA) is 64.4 Å². The number of halogens is 1. The van der Waals surface area contributed by atoms with Crippen molar-refractivity contribution in [2.75, 3.05) is 12.0 Å². The first-order valence-electron chi connectivity index (χ1n) is 11.3. The molecule has 1 aliphatic rings. The van der Waals surface area contributed by atoms with Crippen LogP contribution < -0.4 is 9.64 Å². The van der Waals surface area contributed by atoms with Crippen LogP contribution in [0.1, 0.15) is 79.7 Å². The zero-order valence-corrected chi connectivity index (χ0v) is 22.2. The standard InChI is InChI=1S/C27H30BrN3O3/c1-26(2,3)23-20-21(18-10-8-9-11-19(18)34-7)30(17-14-12-16(28)13-15-17)24(32)22(20)31(29-23)25(33)27(4,5)6/h8-15,21H,1-7H3. The summed E-state index contributed by atoms with van der Waals surface area (Å²) in [6.07, 6.45) is 0. The normalized spacial score (nSPS) is 16.1. The maximum Gasteiger partial charge on any atom is 0.278 e. The van der Waals surface area contributed by atoms with E-state index >= 15 is 0 Å². The van der Waals surface area contributed by atoms with E-state index in [9.17, 15) is 9.59 Å². The number of amides is 1. The lowest BCUT2D eigenvalue weighted by molar-refractivity contribution is 0.0734. The second kappa shape index (κ2) is 8.38. The van der Waals surface area contributed by atoms with Gasteiger partial charge in [0.1, 0.15) is 11.4 Å². The summed E-state index contributed by atoms with van der Waals surface area (Å²) in [6.45, 7) is 11.7. The lowest BCUT2D eigenvalue weighted by atomic mass is 9.85. The molecule has 2 heterocycles. The molecular weight excluding hydrogens is 494 g/mol. The van der Waals surface area contributed by atoms with E-state index in [-0.39, 0.29) is 11.8 Å². The van der Waals surface area contributed by atoms with Crippen LogP contribution in [0.25, 0.3) is 0 Å². The number of carbonyl (C=O) groups excluding carboxylic acids is 2. The number of para-hydroxylation sites is 1. The number of hydrogen-bond donors (Lipinski definition) is 0. The first kappa shape index (κ1) is 24.2. The molecule has 0 N–H and O–H groups in total. The molecule has 3 aromatic rings. The minimum atomic E-state index is -0.708. The molecule has 0 fully saturated rings. The van der Waals surface area contributed by atoms with Crippen LogP contribution in [0.3, 0.4) is 0 Å². The number of carbonyl (C=O) groups is 2. The lowest BCUT2D eigenvalue weighted by Crippen LogP contribution is -2.35. The molecule has 34 heavy (non-hydrogen) atoms. The molecule has 7 heteroatoms. The second-order valence-electron chi connectivity index (χ2n) is 10.6. The van der Waals surface area contributed by atoms with Crippen molar-refractivity contribution in [3.05, 3.63) is 75.5 Å². The Bertz CT molecular complexity index is 1260. The van der Waals surface area contributed by atoms with Gasteiger partial charge < -0.3 is 4.74 Å². The third-order valence-electron chi connectivity index (χ3n) is 5.96. The van der Waals surface area contributed by atoms with Crippen LogP contribution in [0, 0.1) is 5.41 Å². The van der Waals surface area contributed by atoms with Crippen molar-refractivity contribution in [2.45, 2.75) is 53.0 Å². The van der Waals surface area contributed by atoms with Crippen molar-refractivity contribution in [3.8, 4) is 5.75 Å². The second-order valence-corrected chi connectivity index (χ2v) is 11.5. The number of methoxy groups -OCH3 is 1.